The minimum Gasteiger partial charge on any atom is -0.326 e. The van der Waals surface area contributed by atoms with Crippen LogP contribution in [0.2, 0.25) is 0 Å². The molecule has 0 fully saturated rings. The van der Waals surface area contributed by atoms with Crippen LogP contribution in [-0.2, 0) is 13.0 Å². The summed E-state index contributed by atoms with van der Waals surface area (Å²) in [6, 6.07) is 10.2. The van der Waals surface area contributed by atoms with Crippen LogP contribution < -0.4 is 5.73 Å². The SMILES string of the molecule is N#CCCc1ccc(CN)cc1. The molecule has 2 nitrogen and oxygen atoms in total. The Hall–Kier alpha value is -1.33. The molecule has 0 radical (unpaired) electrons. The number of nitrogens with two attached hydrogens (primary N) is 1. The molecule has 0 heterocycles. The van der Waals surface area contributed by atoms with Gasteiger partial charge in [-0.15, -0.1) is 0 Å². The van der Waals surface area contributed by atoms with E-state index in [0.29, 0.717) is 13.0 Å². The molecule has 62 valence electrons. The molecule has 2 heteroatoms. The first kappa shape index (κ1) is 8.76. The molecule has 1 rings (SSSR count). The van der Waals surface area contributed by atoms with Gasteiger partial charge in [0.15, 0.2) is 0 Å². The molecule has 0 aliphatic rings. The Bertz CT molecular complexity index is 269. The normalized spacial score (nSPS) is 9.33. The van der Waals surface area contributed by atoms with Crippen molar-refractivity contribution in [1.82, 2.24) is 0 Å². The molecular formula is C10H12N2. The lowest BCUT2D eigenvalue weighted by Crippen LogP contribution is -1.95. The van der Waals surface area contributed by atoms with Gasteiger partial charge in [-0.05, 0) is 17.5 Å². The van der Waals surface area contributed by atoms with E-state index in [9.17, 15) is 0 Å². The highest BCUT2D eigenvalue weighted by molar-refractivity contribution is 5.22. The third-order valence-electron chi connectivity index (χ3n) is 1.78. The molecule has 0 aliphatic carbocycles. The number of hydrogen-bond donors (Lipinski definition) is 1. The maximum atomic E-state index is 8.36. The topological polar surface area (TPSA) is 49.8 Å². The smallest absolute Gasteiger partial charge is 0.0625 e. The number of rotatable bonds is 3. The standard InChI is InChI=1S/C10H12N2/c11-7-1-2-9-3-5-10(8-12)6-4-9/h3-6H,1-2,8,12H2. The van der Waals surface area contributed by atoms with Gasteiger partial charge in [-0.1, -0.05) is 24.3 Å². The summed E-state index contributed by atoms with van der Waals surface area (Å²) in [6.07, 6.45) is 1.42. The molecule has 0 saturated carbocycles. The van der Waals surface area contributed by atoms with Gasteiger partial charge in [0.05, 0.1) is 6.07 Å². The Morgan fingerprint density at radius 1 is 1.17 bits per heavy atom. The predicted molar refractivity (Wildman–Crippen MR) is 48.3 cm³/mol. The zero-order chi connectivity index (χ0) is 8.81. The Labute approximate surface area is 72.6 Å². The molecule has 1 aromatic carbocycles. The minimum atomic E-state index is 0.582. The highest BCUT2D eigenvalue weighted by Crippen LogP contribution is 2.05. The van der Waals surface area contributed by atoms with Crippen molar-refractivity contribution < 1.29 is 0 Å². The van der Waals surface area contributed by atoms with E-state index in [0.717, 1.165) is 12.0 Å². The maximum absolute atomic E-state index is 8.36. The number of hydrogen-bond acceptors (Lipinski definition) is 2. The summed E-state index contributed by atoms with van der Waals surface area (Å²) in [6.45, 7) is 0.582. The molecule has 0 bridgehead atoms. The first-order valence-corrected chi connectivity index (χ1v) is 4.01. The molecule has 0 aromatic heterocycles. The molecule has 0 saturated heterocycles. The average molecular weight is 160 g/mol. The van der Waals surface area contributed by atoms with Crippen LogP contribution in [0, 0.1) is 11.3 Å². The molecule has 2 N–H and O–H groups in total. The summed E-state index contributed by atoms with van der Waals surface area (Å²) in [4.78, 5) is 0. The average Bonchev–Trinajstić information content (AvgIpc) is 2.15. The summed E-state index contributed by atoms with van der Waals surface area (Å²) >= 11 is 0. The minimum absolute atomic E-state index is 0.582. The second kappa shape index (κ2) is 4.53. The van der Waals surface area contributed by atoms with Crippen LogP contribution in [0.1, 0.15) is 17.5 Å². The van der Waals surface area contributed by atoms with Gasteiger partial charge in [0.25, 0.3) is 0 Å². The largest absolute Gasteiger partial charge is 0.326 e. The fourth-order valence-electron chi connectivity index (χ4n) is 1.04. The van der Waals surface area contributed by atoms with Gasteiger partial charge in [-0.2, -0.15) is 5.26 Å². The number of aryl methyl sites for hydroxylation is 1. The fourth-order valence-corrected chi connectivity index (χ4v) is 1.04. The van der Waals surface area contributed by atoms with E-state index < -0.39 is 0 Å². The monoisotopic (exact) mass is 160 g/mol. The van der Waals surface area contributed by atoms with Crippen molar-refractivity contribution >= 4 is 0 Å². The first-order chi connectivity index (χ1) is 5.86. The van der Waals surface area contributed by atoms with E-state index in [1.165, 1.54) is 5.56 Å². The molecule has 0 unspecified atom stereocenters. The van der Waals surface area contributed by atoms with Gasteiger partial charge in [-0.25, -0.2) is 0 Å². The Kier molecular flexibility index (Phi) is 3.31. The van der Waals surface area contributed by atoms with Crippen LogP contribution in [0.4, 0.5) is 0 Å². The van der Waals surface area contributed by atoms with Gasteiger partial charge in [0.2, 0.25) is 0 Å². The van der Waals surface area contributed by atoms with E-state index in [1.807, 2.05) is 24.3 Å². The van der Waals surface area contributed by atoms with Crippen LogP contribution in [0.3, 0.4) is 0 Å². The van der Waals surface area contributed by atoms with Crippen LogP contribution in [0.25, 0.3) is 0 Å². The Balaban J connectivity index is 2.60. The third kappa shape index (κ3) is 2.37. The zero-order valence-corrected chi connectivity index (χ0v) is 6.96. The first-order valence-electron chi connectivity index (χ1n) is 4.01. The Morgan fingerprint density at radius 2 is 1.75 bits per heavy atom. The van der Waals surface area contributed by atoms with Crippen molar-refractivity contribution in [2.75, 3.05) is 0 Å². The molecule has 0 spiro atoms. The van der Waals surface area contributed by atoms with E-state index in [4.69, 9.17) is 11.0 Å². The summed E-state index contributed by atoms with van der Waals surface area (Å²) in [7, 11) is 0. The van der Waals surface area contributed by atoms with Gasteiger partial charge >= 0.3 is 0 Å². The van der Waals surface area contributed by atoms with Gasteiger partial charge in [-0.3, -0.25) is 0 Å². The molecule has 0 amide bonds. The highest BCUT2D eigenvalue weighted by atomic mass is 14.5. The molecular weight excluding hydrogens is 148 g/mol. The lowest BCUT2D eigenvalue weighted by molar-refractivity contribution is 1.00. The van der Waals surface area contributed by atoms with Crippen LogP contribution >= 0.6 is 0 Å². The predicted octanol–water partition coefficient (Wildman–Crippen LogP) is 1.60. The van der Waals surface area contributed by atoms with Crippen molar-refractivity contribution in [2.24, 2.45) is 5.73 Å². The maximum Gasteiger partial charge on any atom is 0.0625 e. The van der Waals surface area contributed by atoms with Crippen LogP contribution in [0.15, 0.2) is 24.3 Å². The molecule has 0 atom stereocenters. The number of benzene rings is 1. The van der Waals surface area contributed by atoms with E-state index >= 15 is 0 Å². The lowest BCUT2D eigenvalue weighted by atomic mass is 10.1. The zero-order valence-electron chi connectivity index (χ0n) is 6.96. The third-order valence-corrected chi connectivity index (χ3v) is 1.78. The van der Waals surface area contributed by atoms with E-state index in [1.54, 1.807) is 0 Å². The van der Waals surface area contributed by atoms with Crippen molar-refractivity contribution in [3.63, 3.8) is 0 Å². The van der Waals surface area contributed by atoms with Gasteiger partial charge in [0.1, 0.15) is 0 Å². The molecule has 12 heavy (non-hydrogen) atoms. The fraction of sp³-hybridized carbons (Fsp3) is 0.300. The van der Waals surface area contributed by atoms with Crippen molar-refractivity contribution in [3.8, 4) is 6.07 Å². The molecule has 1 aromatic rings. The summed E-state index contributed by atoms with van der Waals surface area (Å²) in [5.74, 6) is 0. The van der Waals surface area contributed by atoms with Gasteiger partial charge < -0.3 is 5.73 Å². The van der Waals surface area contributed by atoms with Crippen molar-refractivity contribution in [1.29, 1.82) is 5.26 Å². The highest BCUT2D eigenvalue weighted by Gasteiger charge is 1.92. The second-order valence-corrected chi connectivity index (χ2v) is 2.68. The van der Waals surface area contributed by atoms with Crippen LogP contribution in [0.5, 0.6) is 0 Å². The number of nitriles is 1. The van der Waals surface area contributed by atoms with Crippen LogP contribution in [-0.4, -0.2) is 0 Å². The Morgan fingerprint density at radius 3 is 2.25 bits per heavy atom. The quantitative estimate of drug-likeness (QED) is 0.730. The summed E-state index contributed by atoms with van der Waals surface area (Å²) in [5, 5.41) is 8.36. The van der Waals surface area contributed by atoms with E-state index in [2.05, 4.69) is 6.07 Å². The lowest BCUT2D eigenvalue weighted by Gasteiger charge is -1.98. The van der Waals surface area contributed by atoms with Crippen molar-refractivity contribution in [3.05, 3.63) is 35.4 Å². The van der Waals surface area contributed by atoms with Crippen molar-refractivity contribution in [2.45, 2.75) is 19.4 Å². The number of nitrogens with zero attached hydrogens (tertiary/aromatic N) is 1. The molecule has 0 aliphatic heterocycles. The van der Waals surface area contributed by atoms with Gasteiger partial charge in [0, 0.05) is 13.0 Å². The summed E-state index contributed by atoms with van der Waals surface area (Å²) < 4.78 is 0. The van der Waals surface area contributed by atoms with E-state index in [-0.39, 0.29) is 0 Å². The summed E-state index contributed by atoms with van der Waals surface area (Å²) in [5.41, 5.74) is 7.79. The second-order valence-electron chi connectivity index (χ2n) is 2.68.